The van der Waals surface area contributed by atoms with Crippen molar-refractivity contribution in [2.75, 3.05) is 4.90 Å². The molecule has 0 N–H and O–H groups in total. The van der Waals surface area contributed by atoms with Gasteiger partial charge in [0.25, 0.3) is 0 Å². The van der Waals surface area contributed by atoms with Crippen LogP contribution in [-0.2, 0) is 0 Å². The molecule has 0 radical (unpaired) electrons. The molecule has 0 unspecified atom stereocenters. The number of benzene rings is 9. The maximum Gasteiger partial charge on any atom is 0.0547 e. The van der Waals surface area contributed by atoms with Gasteiger partial charge in [-0.05, 0) is 105 Å². The predicted octanol–water partition coefficient (Wildman–Crippen LogP) is 14.4. The molecule has 0 spiro atoms. The lowest BCUT2D eigenvalue weighted by Gasteiger charge is -2.28. The zero-order chi connectivity index (χ0) is 35.8. The molecular weight excluding hydrogens is 653 g/mol. The van der Waals surface area contributed by atoms with Crippen LogP contribution < -0.4 is 4.90 Å². The average Bonchev–Trinajstić information content (AvgIpc) is 3.59. The maximum atomic E-state index is 2.39. The Balaban J connectivity index is 1.09. The number of fused-ring (bicyclic) bond motifs is 4. The topological polar surface area (TPSA) is 8.17 Å². The molecule has 2 heteroatoms. The van der Waals surface area contributed by atoms with Crippen LogP contribution in [-0.4, -0.2) is 4.57 Å². The summed E-state index contributed by atoms with van der Waals surface area (Å²) in [5, 5.41) is 5.00. The van der Waals surface area contributed by atoms with Crippen LogP contribution in [0.3, 0.4) is 0 Å². The fraction of sp³-hybridized carbons (Fsp3) is 0. The maximum absolute atomic E-state index is 2.39. The summed E-state index contributed by atoms with van der Waals surface area (Å²) in [6.45, 7) is 0. The van der Waals surface area contributed by atoms with Gasteiger partial charge in [0.2, 0.25) is 0 Å². The Morgan fingerprint density at radius 3 is 1.74 bits per heavy atom. The first-order chi connectivity index (χ1) is 26.8. The van der Waals surface area contributed by atoms with E-state index in [2.05, 4.69) is 228 Å². The summed E-state index contributed by atoms with van der Waals surface area (Å²) in [4.78, 5) is 2.39. The number of hydrogen-bond acceptors (Lipinski definition) is 1. The number of hydrogen-bond donors (Lipinski definition) is 0. The Morgan fingerprint density at radius 2 is 0.907 bits per heavy atom. The number of anilines is 3. The quantitative estimate of drug-likeness (QED) is 0.162. The lowest BCUT2D eigenvalue weighted by molar-refractivity contribution is 1.18. The summed E-state index contributed by atoms with van der Waals surface area (Å²) < 4.78 is 2.39. The second-order valence-electron chi connectivity index (χ2n) is 13.8. The molecule has 0 amide bonds. The first kappa shape index (κ1) is 31.6. The first-order valence-electron chi connectivity index (χ1n) is 18.5. The summed E-state index contributed by atoms with van der Waals surface area (Å²) in [6.07, 6.45) is 0. The lowest BCUT2D eigenvalue weighted by Crippen LogP contribution is -2.11. The third-order valence-electron chi connectivity index (χ3n) is 10.6. The normalized spacial score (nSPS) is 11.3. The predicted molar refractivity (Wildman–Crippen MR) is 229 cm³/mol. The van der Waals surface area contributed by atoms with Gasteiger partial charge in [0.05, 0.1) is 16.7 Å². The summed E-state index contributed by atoms with van der Waals surface area (Å²) in [6, 6.07) is 78.8. The molecule has 1 heterocycles. The number of nitrogens with zero attached hydrogens (tertiary/aromatic N) is 2. The molecule has 0 saturated heterocycles. The van der Waals surface area contributed by atoms with Crippen molar-refractivity contribution in [1.82, 2.24) is 4.57 Å². The van der Waals surface area contributed by atoms with E-state index < -0.39 is 0 Å². The van der Waals surface area contributed by atoms with Gasteiger partial charge < -0.3 is 9.47 Å². The number of aromatic nitrogens is 1. The van der Waals surface area contributed by atoms with Crippen molar-refractivity contribution in [3.8, 4) is 39.1 Å². The molecule has 54 heavy (non-hydrogen) atoms. The molecule has 254 valence electrons. The second-order valence-corrected chi connectivity index (χ2v) is 13.8. The standard InChI is InChI=1S/C52H36N2/c1-3-19-43(20-4-1)53(45-33-31-38(32-34-45)40-17-13-18-41(35-40)42-30-29-37-15-7-8-16-39(37)36-42)49-26-11-9-23-46(49)47-25-14-28-51-52(47)48-24-10-12-27-50(48)54(51)44-21-5-2-6-22-44/h1-36H. The van der Waals surface area contributed by atoms with Crippen LogP contribution in [0.1, 0.15) is 0 Å². The molecule has 0 bridgehead atoms. The van der Waals surface area contributed by atoms with E-state index in [1.807, 2.05) is 0 Å². The largest absolute Gasteiger partial charge is 0.310 e. The molecule has 1 aromatic heterocycles. The van der Waals surface area contributed by atoms with E-state index in [9.17, 15) is 0 Å². The Labute approximate surface area is 315 Å². The molecule has 10 aromatic rings. The van der Waals surface area contributed by atoms with Gasteiger partial charge in [0, 0.05) is 33.4 Å². The van der Waals surface area contributed by atoms with Gasteiger partial charge in [0.15, 0.2) is 0 Å². The third-order valence-corrected chi connectivity index (χ3v) is 10.6. The number of rotatable bonds is 7. The number of para-hydroxylation sites is 4. The third kappa shape index (κ3) is 5.53. The fourth-order valence-corrected chi connectivity index (χ4v) is 8.05. The van der Waals surface area contributed by atoms with Crippen LogP contribution in [0.2, 0.25) is 0 Å². The monoisotopic (exact) mass is 688 g/mol. The van der Waals surface area contributed by atoms with Gasteiger partial charge >= 0.3 is 0 Å². The van der Waals surface area contributed by atoms with E-state index in [0.29, 0.717) is 0 Å². The summed E-state index contributed by atoms with van der Waals surface area (Å²) >= 11 is 0. The summed E-state index contributed by atoms with van der Waals surface area (Å²) in [5.74, 6) is 0. The molecule has 0 aliphatic heterocycles. The second kappa shape index (κ2) is 13.4. The van der Waals surface area contributed by atoms with E-state index in [4.69, 9.17) is 0 Å². The van der Waals surface area contributed by atoms with Crippen LogP contribution in [0.15, 0.2) is 218 Å². The molecule has 0 saturated carbocycles. The average molecular weight is 689 g/mol. The van der Waals surface area contributed by atoms with Crippen molar-refractivity contribution < 1.29 is 0 Å². The first-order valence-corrected chi connectivity index (χ1v) is 18.5. The molecular formula is C52H36N2. The highest BCUT2D eigenvalue weighted by Crippen LogP contribution is 2.45. The SMILES string of the molecule is c1ccc(N(c2ccc(-c3cccc(-c4ccc5ccccc5c4)c3)cc2)c2ccccc2-c2cccc3c2c2ccccc2n3-c2ccccc2)cc1. The van der Waals surface area contributed by atoms with Crippen LogP contribution >= 0.6 is 0 Å². The van der Waals surface area contributed by atoms with Gasteiger partial charge in [-0.3, -0.25) is 0 Å². The van der Waals surface area contributed by atoms with E-state index in [1.54, 1.807) is 0 Å². The smallest absolute Gasteiger partial charge is 0.0547 e. The van der Waals surface area contributed by atoms with E-state index in [1.165, 1.54) is 66.0 Å². The van der Waals surface area contributed by atoms with E-state index >= 15 is 0 Å². The van der Waals surface area contributed by atoms with E-state index in [-0.39, 0.29) is 0 Å². The van der Waals surface area contributed by atoms with Gasteiger partial charge in [-0.2, -0.15) is 0 Å². The summed E-state index contributed by atoms with van der Waals surface area (Å²) in [7, 11) is 0. The van der Waals surface area contributed by atoms with Gasteiger partial charge in [-0.15, -0.1) is 0 Å². The van der Waals surface area contributed by atoms with Crippen LogP contribution in [0.5, 0.6) is 0 Å². The Bertz CT molecular complexity index is 2920. The van der Waals surface area contributed by atoms with Gasteiger partial charge in [0.1, 0.15) is 0 Å². The molecule has 0 atom stereocenters. The Morgan fingerprint density at radius 1 is 0.333 bits per heavy atom. The zero-order valence-electron chi connectivity index (χ0n) is 29.7. The highest BCUT2D eigenvalue weighted by molar-refractivity contribution is 6.17. The van der Waals surface area contributed by atoms with Gasteiger partial charge in [-0.25, -0.2) is 0 Å². The molecule has 10 rings (SSSR count). The van der Waals surface area contributed by atoms with Crippen molar-refractivity contribution in [2.45, 2.75) is 0 Å². The molecule has 9 aromatic carbocycles. The van der Waals surface area contributed by atoms with Crippen LogP contribution in [0.25, 0.3) is 71.6 Å². The lowest BCUT2D eigenvalue weighted by atomic mass is 9.96. The molecule has 0 aliphatic carbocycles. The minimum Gasteiger partial charge on any atom is -0.310 e. The summed E-state index contributed by atoms with van der Waals surface area (Å²) in [5.41, 5.74) is 14.1. The molecule has 0 fully saturated rings. The van der Waals surface area contributed by atoms with Gasteiger partial charge in [-0.1, -0.05) is 152 Å². The Kier molecular flexibility index (Phi) is 7.85. The van der Waals surface area contributed by atoms with E-state index in [0.717, 1.165) is 22.7 Å². The van der Waals surface area contributed by atoms with Crippen molar-refractivity contribution >= 4 is 49.6 Å². The van der Waals surface area contributed by atoms with Crippen molar-refractivity contribution in [2.24, 2.45) is 0 Å². The van der Waals surface area contributed by atoms with Crippen LogP contribution in [0, 0.1) is 0 Å². The van der Waals surface area contributed by atoms with Crippen LogP contribution in [0.4, 0.5) is 17.1 Å². The Hall–Kier alpha value is -7.16. The highest BCUT2D eigenvalue weighted by Gasteiger charge is 2.21. The minimum atomic E-state index is 1.10. The molecule has 2 nitrogen and oxygen atoms in total. The zero-order valence-corrected chi connectivity index (χ0v) is 29.7. The van der Waals surface area contributed by atoms with Crippen molar-refractivity contribution in [3.63, 3.8) is 0 Å². The molecule has 0 aliphatic rings. The van der Waals surface area contributed by atoms with Crippen molar-refractivity contribution in [3.05, 3.63) is 218 Å². The van der Waals surface area contributed by atoms with Crippen molar-refractivity contribution in [1.29, 1.82) is 0 Å². The highest BCUT2D eigenvalue weighted by atomic mass is 15.1. The fourth-order valence-electron chi connectivity index (χ4n) is 8.05. The minimum absolute atomic E-state index is 1.10.